The van der Waals surface area contributed by atoms with Crippen molar-refractivity contribution in [1.29, 1.82) is 0 Å². The number of para-hydroxylation sites is 1. The maximum Gasteiger partial charge on any atom is 0.328 e. The number of urea groups is 1. The molecule has 2 aromatic carbocycles. The van der Waals surface area contributed by atoms with E-state index in [0.717, 1.165) is 11.1 Å². The molecule has 138 valence electrons. The molecule has 2 rings (SSSR count). The molecular formula is C19H23ClN4O2. The number of carbonyl (C=O) groups is 1. The van der Waals surface area contributed by atoms with Gasteiger partial charge < -0.3 is 10.5 Å². The minimum absolute atomic E-state index is 0.0369. The summed E-state index contributed by atoms with van der Waals surface area (Å²) in [6.07, 6.45) is 0. The van der Waals surface area contributed by atoms with Crippen LogP contribution in [0.15, 0.2) is 53.5 Å². The Morgan fingerprint density at radius 2 is 1.96 bits per heavy atom. The van der Waals surface area contributed by atoms with E-state index in [1.807, 2.05) is 49.4 Å². The largest absolute Gasteiger partial charge is 0.375 e. The summed E-state index contributed by atoms with van der Waals surface area (Å²) in [5.41, 5.74) is 8.37. The molecule has 0 radical (unpaired) electrons. The van der Waals surface area contributed by atoms with E-state index in [-0.39, 0.29) is 5.96 Å². The van der Waals surface area contributed by atoms with Crippen LogP contribution >= 0.6 is 11.6 Å². The van der Waals surface area contributed by atoms with Crippen LogP contribution in [0.2, 0.25) is 5.02 Å². The normalized spacial score (nSPS) is 11.3. The number of amides is 2. The fraction of sp³-hybridized carbons (Fsp3) is 0.263. The van der Waals surface area contributed by atoms with Crippen molar-refractivity contribution >= 4 is 29.3 Å². The van der Waals surface area contributed by atoms with Gasteiger partial charge in [-0.05, 0) is 24.1 Å². The van der Waals surface area contributed by atoms with Gasteiger partial charge in [-0.2, -0.15) is 0 Å². The number of nitrogens with one attached hydrogen (secondary N) is 1. The summed E-state index contributed by atoms with van der Waals surface area (Å²) in [5.74, 6) is 0.0369. The summed E-state index contributed by atoms with van der Waals surface area (Å²) in [6.45, 7) is 3.16. The fourth-order valence-electron chi connectivity index (χ4n) is 2.38. The lowest BCUT2D eigenvalue weighted by Gasteiger charge is -2.21. The molecule has 0 saturated heterocycles. The van der Waals surface area contributed by atoms with Crippen LogP contribution in [-0.2, 0) is 11.3 Å². The van der Waals surface area contributed by atoms with E-state index >= 15 is 0 Å². The smallest absolute Gasteiger partial charge is 0.328 e. The monoisotopic (exact) mass is 374 g/mol. The molecule has 0 spiro atoms. The molecule has 3 N–H and O–H groups in total. The van der Waals surface area contributed by atoms with Gasteiger partial charge in [0.15, 0.2) is 5.96 Å². The Kier molecular flexibility index (Phi) is 7.44. The van der Waals surface area contributed by atoms with Crippen LogP contribution in [0.1, 0.15) is 11.1 Å². The minimum Gasteiger partial charge on any atom is -0.375 e. The second-order valence-electron chi connectivity index (χ2n) is 5.70. The summed E-state index contributed by atoms with van der Waals surface area (Å²) < 4.78 is 5.52. The Bertz CT molecular complexity index is 745. The van der Waals surface area contributed by atoms with Gasteiger partial charge in [-0.15, -0.1) is 0 Å². The highest BCUT2D eigenvalue weighted by molar-refractivity contribution is 6.34. The van der Waals surface area contributed by atoms with Crippen LogP contribution < -0.4 is 16.0 Å². The molecule has 2 amide bonds. The van der Waals surface area contributed by atoms with Gasteiger partial charge in [0.05, 0.1) is 30.5 Å². The molecule has 0 aliphatic heterocycles. The number of nitrogens with two attached hydrogens (primary N) is 1. The number of ether oxygens (including phenoxy) is 1. The quantitative estimate of drug-likeness (QED) is 0.462. The summed E-state index contributed by atoms with van der Waals surface area (Å²) >= 11 is 6.17. The number of aliphatic imine (C=N–C) groups is 1. The number of anilines is 1. The topological polar surface area (TPSA) is 80.0 Å². The Labute approximate surface area is 158 Å². The number of halogens is 1. The van der Waals surface area contributed by atoms with Crippen molar-refractivity contribution in [1.82, 2.24) is 5.32 Å². The first-order valence-electron chi connectivity index (χ1n) is 8.20. The lowest BCUT2D eigenvalue weighted by Crippen LogP contribution is -2.44. The molecule has 0 aliphatic rings. The highest BCUT2D eigenvalue weighted by atomic mass is 35.5. The predicted molar refractivity (Wildman–Crippen MR) is 106 cm³/mol. The van der Waals surface area contributed by atoms with Crippen LogP contribution in [0.3, 0.4) is 0 Å². The van der Waals surface area contributed by atoms with Gasteiger partial charge in [0.2, 0.25) is 0 Å². The zero-order valence-electron chi connectivity index (χ0n) is 14.9. The van der Waals surface area contributed by atoms with Crippen molar-refractivity contribution in [3.63, 3.8) is 0 Å². The van der Waals surface area contributed by atoms with Crippen molar-refractivity contribution in [3.8, 4) is 0 Å². The molecule has 0 aliphatic carbocycles. The molecule has 7 heteroatoms. The highest BCUT2D eigenvalue weighted by Crippen LogP contribution is 2.28. The lowest BCUT2D eigenvalue weighted by atomic mass is 10.2. The van der Waals surface area contributed by atoms with E-state index in [9.17, 15) is 4.79 Å². The summed E-state index contributed by atoms with van der Waals surface area (Å²) in [5, 5.41) is 3.03. The van der Waals surface area contributed by atoms with Gasteiger partial charge in [0.25, 0.3) is 0 Å². The average Bonchev–Trinajstić information content (AvgIpc) is 2.62. The molecule has 0 bridgehead atoms. The number of carbonyl (C=O) groups excluding carboxylic acids is 1. The summed E-state index contributed by atoms with van der Waals surface area (Å²) in [4.78, 5) is 17.8. The third-order valence-corrected chi connectivity index (χ3v) is 4.00. The van der Waals surface area contributed by atoms with E-state index in [2.05, 4.69) is 10.3 Å². The van der Waals surface area contributed by atoms with Crippen molar-refractivity contribution < 1.29 is 9.53 Å². The van der Waals surface area contributed by atoms with E-state index in [0.29, 0.717) is 30.5 Å². The van der Waals surface area contributed by atoms with E-state index in [4.69, 9.17) is 22.1 Å². The lowest BCUT2D eigenvalue weighted by molar-refractivity contribution is 0.128. The molecule has 2 aromatic rings. The van der Waals surface area contributed by atoms with Gasteiger partial charge in [0, 0.05) is 7.05 Å². The number of nitrogens with zero attached hydrogens (tertiary/aromatic N) is 2. The molecule has 26 heavy (non-hydrogen) atoms. The molecular weight excluding hydrogens is 352 g/mol. The number of rotatable bonds is 6. The van der Waals surface area contributed by atoms with E-state index in [1.165, 1.54) is 4.90 Å². The van der Waals surface area contributed by atoms with E-state index in [1.54, 1.807) is 13.1 Å². The number of aryl methyl sites for hydroxylation is 1. The SMILES string of the molecule is Cc1cccc(Cl)c1N(C)C(=O)NC(N)=NCCOCc1ccccc1. The Hall–Kier alpha value is -2.57. The standard InChI is InChI=1S/C19H23ClN4O2/c1-14-7-6-10-16(20)17(14)24(2)19(25)23-18(21)22-11-12-26-13-15-8-4-3-5-9-15/h3-10H,11-13H2,1-2H3,(H3,21,22,23,25). The first-order chi connectivity index (χ1) is 12.5. The van der Waals surface area contributed by atoms with E-state index < -0.39 is 6.03 Å². The predicted octanol–water partition coefficient (Wildman–Crippen LogP) is 3.33. The third-order valence-electron chi connectivity index (χ3n) is 3.69. The Balaban J connectivity index is 1.79. The minimum atomic E-state index is -0.410. The first kappa shape index (κ1) is 19.8. The Morgan fingerprint density at radius 3 is 2.65 bits per heavy atom. The summed E-state index contributed by atoms with van der Waals surface area (Å²) in [6, 6.07) is 14.9. The second-order valence-corrected chi connectivity index (χ2v) is 6.11. The second kappa shape index (κ2) is 9.79. The number of hydrogen-bond acceptors (Lipinski definition) is 3. The zero-order chi connectivity index (χ0) is 18.9. The zero-order valence-corrected chi connectivity index (χ0v) is 15.7. The van der Waals surface area contributed by atoms with Crippen molar-refractivity contribution in [2.75, 3.05) is 25.1 Å². The van der Waals surface area contributed by atoms with Crippen LogP contribution in [0.5, 0.6) is 0 Å². The van der Waals surface area contributed by atoms with Gasteiger partial charge in [-0.3, -0.25) is 15.2 Å². The van der Waals surface area contributed by atoms with Crippen molar-refractivity contribution in [2.24, 2.45) is 10.7 Å². The molecule has 0 fully saturated rings. The number of guanidine groups is 1. The van der Waals surface area contributed by atoms with Crippen LogP contribution in [0, 0.1) is 6.92 Å². The fourth-order valence-corrected chi connectivity index (χ4v) is 2.73. The van der Waals surface area contributed by atoms with Crippen LogP contribution in [-0.4, -0.2) is 32.2 Å². The molecule has 6 nitrogen and oxygen atoms in total. The van der Waals surface area contributed by atoms with Crippen molar-refractivity contribution in [2.45, 2.75) is 13.5 Å². The summed E-state index contributed by atoms with van der Waals surface area (Å²) in [7, 11) is 1.62. The molecule has 0 atom stereocenters. The van der Waals surface area contributed by atoms with Gasteiger partial charge >= 0.3 is 6.03 Å². The van der Waals surface area contributed by atoms with Crippen LogP contribution in [0.4, 0.5) is 10.5 Å². The molecule has 0 saturated carbocycles. The van der Waals surface area contributed by atoms with Gasteiger partial charge in [0.1, 0.15) is 0 Å². The maximum atomic E-state index is 12.3. The highest BCUT2D eigenvalue weighted by Gasteiger charge is 2.16. The first-order valence-corrected chi connectivity index (χ1v) is 8.58. The molecule has 0 aromatic heterocycles. The molecule has 0 unspecified atom stereocenters. The van der Waals surface area contributed by atoms with Gasteiger partial charge in [-0.1, -0.05) is 54.1 Å². The molecule has 0 heterocycles. The van der Waals surface area contributed by atoms with Crippen molar-refractivity contribution in [3.05, 3.63) is 64.7 Å². The third kappa shape index (κ3) is 5.75. The number of benzene rings is 2. The Morgan fingerprint density at radius 1 is 1.23 bits per heavy atom. The van der Waals surface area contributed by atoms with Gasteiger partial charge in [-0.25, -0.2) is 4.79 Å². The maximum absolute atomic E-state index is 12.3. The average molecular weight is 375 g/mol. The van der Waals surface area contributed by atoms with Crippen LogP contribution in [0.25, 0.3) is 0 Å². The number of hydrogen-bond donors (Lipinski definition) is 2.